The van der Waals surface area contributed by atoms with Crippen LogP contribution in [0, 0.1) is 6.92 Å². The van der Waals surface area contributed by atoms with E-state index in [9.17, 15) is 9.90 Å². The second-order valence-electron chi connectivity index (χ2n) is 6.05. The lowest BCUT2D eigenvalue weighted by Gasteiger charge is -2.06. The summed E-state index contributed by atoms with van der Waals surface area (Å²) in [7, 11) is 0. The fourth-order valence-corrected chi connectivity index (χ4v) is 2.98. The van der Waals surface area contributed by atoms with Crippen LogP contribution in [0.4, 0.5) is 5.69 Å². The maximum absolute atomic E-state index is 12.6. The molecule has 0 spiro atoms. The maximum Gasteiger partial charge on any atom is 0.263 e. The van der Waals surface area contributed by atoms with Gasteiger partial charge in [0.2, 0.25) is 5.88 Å². The Labute approximate surface area is 150 Å². The van der Waals surface area contributed by atoms with Crippen LogP contribution < -0.4 is 5.32 Å². The van der Waals surface area contributed by atoms with Gasteiger partial charge in [-0.15, -0.1) is 0 Å². The molecule has 4 aromatic rings. The number of para-hydroxylation sites is 1. The highest BCUT2D eigenvalue weighted by Crippen LogP contribution is 2.27. The van der Waals surface area contributed by atoms with Crippen molar-refractivity contribution in [1.29, 1.82) is 0 Å². The van der Waals surface area contributed by atoms with Gasteiger partial charge in [0.25, 0.3) is 5.91 Å². The Morgan fingerprint density at radius 1 is 0.962 bits per heavy atom. The van der Waals surface area contributed by atoms with Crippen molar-refractivity contribution in [3.05, 3.63) is 84.1 Å². The lowest BCUT2D eigenvalue weighted by Crippen LogP contribution is -2.12. The lowest BCUT2D eigenvalue weighted by molar-refractivity contribution is 0.102. The van der Waals surface area contributed by atoms with Gasteiger partial charge < -0.3 is 10.4 Å². The number of hydrogen-bond donors (Lipinski definition) is 2. The highest BCUT2D eigenvalue weighted by molar-refractivity contribution is 6.06. The van der Waals surface area contributed by atoms with Crippen LogP contribution in [0.15, 0.2) is 72.8 Å². The van der Waals surface area contributed by atoms with Crippen LogP contribution in [0.1, 0.15) is 16.1 Å². The van der Waals surface area contributed by atoms with E-state index in [0.717, 1.165) is 10.8 Å². The Balaban J connectivity index is 1.72. The molecule has 0 unspecified atom stereocenters. The van der Waals surface area contributed by atoms with Gasteiger partial charge >= 0.3 is 0 Å². The number of nitrogens with one attached hydrogen (secondary N) is 1. The van der Waals surface area contributed by atoms with Crippen LogP contribution in [0.25, 0.3) is 16.5 Å². The highest BCUT2D eigenvalue weighted by atomic mass is 16.3. The van der Waals surface area contributed by atoms with Gasteiger partial charge in [-0.1, -0.05) is 48.5 Å². The molecule has 5 nitrogen and oxygen atoms in total. The first-order chi connectivity index (χ1) is 12.6. The molecule has 0 saturated carbocycles. The quantitative estimate of drug-likeness (QED) is 0.583. The average molecular weight is 343 g/mol. The van der Waals surface area contributed by atoms with E-state index in [0.29, 0.717) is 17.1 Å². The van der Waals surface area contributed by atoms with Crippen molar-refractivity contribution in [3.63, 3.8) is 0 Å². The first kappa shape index (κ1) is 15.9. The first-order valence-electron chi connectivity index (χ1n) is 8.27. The number of hydrogen-bond acceptors (Lipinski definition) is 3. The Morgan fingerprint density at radius 2 is 1.65 bits per heavy atom. The van der Waals surface area contributed by atoms with Crippen molar-refractivity contribution in [1.82, 2.24) is 9.78 Å². The molecular weight excluding hydrogens is 326 g/mol. The molecule has 0 bridgehead atoms. The molecule has 1 amide bonds. The van der Waals surface area contributed by atoms with Gasteiger partial charge in [-0.2, -0.15) is 5.10 Å². The second kappa shape index (κ2) is 6.37. The standard InChI is InChI=1S/C21H17N3O2/c1-14-19(20(25)22-17-9-3-2-4-10-17)21(26)24(23-14)18-12-11-15-7-5-6-8-16(15)13-18/h2-13,26H,1H3,(H,22,25). The Kier molecular flexibility index (Phi) is 3.89. The molecule has 0 aliphatic heterocycles. The normalized spacial score (nSPS) is 10.8. The number of fused-ring (bicyclic) bond motifs is 1. The van der Waals surface area contributed by atoms with Gasteiger partial charge in [-0.05, 0) is 42.0 Å². The number of aromatic nitrogens is 2. The lowest BCUT2D eigenvalue weighted by atomic mass is 10.1. The van der Waals surface area contributed by atoms with Crippen LogP contribution in [0.2, 0.25) is 0 Å². The SMILES string of the molecule is Cc1nn(-c2ccc3ccccc3c2)c(O)c1C(=O)Nc1ccccc1. The van der Waals surface area contributed by atoms with Gasteiger partial charge in [0.05, 0.1) is 11.4 Å². The van der Waals surface area contributed by atoms with Gasteiger partial charge in [-0.25, -0.2) is 4.68 Å². The topological polar surface area (TPSA) is 67.1 Å². The summed E-state index contributed by atoms with van der Waals surface area (Å²) in [6.07, 6.45) is 0. The molecule has 0 atom stereocenters. The smallest absolute Gasteiger partial charge is 0.263 e. The highest BCUT2D eigenvalue weighted by Gasteiger charge is 2.22. The molecule has 0 aliphatic carbocycles. The fraction of sp³-hybridized carbons (Fsp3) is 0.0476. The van der Waals surface area contributed by atoms with Gasteiger partial charge in [0.1, 0.15) is 5.56 Å². The summed E-state index contributed by atoms with van der Waals surface area (Å²) < 4.78 is 1.39. The molecule has 128 valence electrons. The van der Waals surface area contributed by atoms with Crippen molar-refractivity contribution < 1.29 is 9.90 Å². The number of nitrogens with zero attached hydrogens (tertiary/aromatic N) is 2. The summed E-state index contributed by atoms with van der Waals surface area (Å²) in [6, 6.07) is 22.8. The summed E-state index contributed by atoms with van der Waals surface area (Å²) in [5.74, 6) is -0.565. The minimum absolute atomic E-state index is 0.169. The van der Waals surface area contributed by atoms with E-state index in [2.05, 4.69) is 10.4 Å². The molecule has 26 heavy (non-hydrogen) atoms. The van der Waals surface area contributed by atoms with E-state index < -0.39 is 5.91 Å². The molecule has 5 heteroatoms. The zero-order chi connectivity index (χ0) is 18.1. The summed E-state index contributed by atoms with van der Waals surface area (Å²) in [5, 5.41) is 19.9. The van der Waals surface area contributed by atoms with Gasteiger partial charge in [0, 0.05) is 5.69 Å². The summed E-state index contributed by atoms with van der Waals surface area (Å²) in [4.78, 5) is 12.6. The molecule has 3 aromatic carbocycles. The molecule has 1 heterocycles. The van der Waals surface area contributed by atoms with Crippen molar-refractivity contribution in [2.24, 2.45) is 0 Å². The number of amides is 1. The van der Waals surface area contributed by atoms with Crippen molar-refractivity contribution in [2.45, 2.75) is 6.92 Å². The van der Waals surface area contributed by atoms with Crippen LogP contribution in [-0.2, 0) is 0 Å². The number of carbonyl (C=O) groups is 1. The van der Waals surface area contributed by atoms with E-state index in [-0.39, 0.29) is 11.4 Å². The Morgan fingerprint density at radius 3 is 2.42 bits per heavy atom. The molecular formula is C21H17N3O2. The molecule has 0 radical (unpaired) electrons. The van der Waals surface area contributed by atoms with Crippen LogP contribution in [0.5, 0.6) is 5.88 Å². The maximum atomic E-state index is 12.6. The van der Waals surface area contributed by atoms with Crippen LogP contribution in [-0.4, -0.2) is 20.8 Å². The number of aromatic hydroxyl groups is 1. The number of anilines is 1. The van der Waals surface area contributed by atoms with Crippen LogP contribution >= 0.6 is 0 Å². The van der Waals surface area contributed by atoms with E-state index in [1.807, 2.05) is 60.7 Å². The predicted octanol–water partition coefficient (Wildman–Crippen LogP) is 4.29. The first-order valence-corrected chi connectivity index (χ1v) is 8.27. The summed E-state index contributed by atoms with van der Waals surface area (Å²) in [6.45, 7) is 1.71. The largest absolute Gasteiger partial charge is 0.493 e. The number of benzene rings is 3. The zero-order valence-corrected chi connectivity index (χ0v) is 14.2. The van der Waals surface area contributed by atoms with Gasteiger partial charge in [-0.3, -0.25) is 4.79 Å². The number of aryl methyl sites for hydroxylation is 1. The zero-order valence-electron chi connectivity index (χ0n) is 14.2. The van der Waals surface area contributed by atoms with E-state index >= 15 is 0 Å². The molecule has 0 fully saturated rings. The Hall–Kier alpha value is -3.60. The average Bonchev–Trinajstić information content (AvgIpc) is 2.96. The molecule has 1 aromatic heterocycles. The Bertz CT molecular complexity index is 1100. The molecule has 2 N–H and O–H groups in total. The van der Waals surface area contributed by atoms with Crippen LogP contribution in [0.3, 0.4) is 0 Å². The predicted molar refractivity (Wildman–Crippen MR) is 102 cm³/mol. The van der Waals surface area contributed by atoms with E-state index in [1.54, 1.807) is 19.1 Å². The molecule has 0 saturated heterocycles. The molecule has 0 aliphatic rings. The summed E-state index contributed by atoms with van der Waals surface area (Å²) >= 11 is 0. The summed E-state index contributed by atoms with van der Waals surface area (Å²) in [5.41, 5.74) is 1.99. The third-order valence-electron chi connectivity index (χ3n) is 4.27. The van der Waals surface area contributed by atoms with Crippen molar-refractivity contribution >= 4 is 22.4 Å². The van der Waals surface area contributed by atoms with Gasteiger partial charge in [0.15, 0.2) is 0 Å². The monoisotopic (exact) mass is 343 g/mol. The minimum atomic E-state index is -0.391. The van der Waals surface area contributed by atoms with E-state index in [1.165, 1.54) is 4.68 Å². The molecule has 4 rings (SSSR count). The fourth-order valence-electron chi connectivity index (χ4n) is 2.98. The third kappa shape index (κ3) is 2.80. The second-order valence-corrected chi connectivity index (χ2v) is 6.05. The van der Waals surface area contributed by atoms with E-state index in [4.69, 9.17) is 0 Å². The minimum Gasteiger partial charge on any atom is -0.493 e. The van der Waals surface area contributed by atoms with Crippen molar-refractivity contribution in [3.8, 4) is 11.6 Å². The number of rotatable bonds is 3. The number of carbonyl (C=O) groups excluding carboxylic acids is 1. The van der Waals surface area contributed by atoms with Crippen molar-refractivity contribution in [2.75, 3.05) is 5.32 Å². The third-order valence-corrected chi connectivity index (χ3v) is 4.27.